The van der Waals surface area contributed by atoms with Crippen molar-refractivity contribution in [1.29, 1.82) is 0 Å². The second-order valence-corrected chi connectivity index (χ2v) is 6.20. The molecule has 1 aromatic carbocycles. The minimum Gasteiger partial charge on any atom is -0.326 e. The summed E-state index contributed by atoms with van der Waals surface area (Å²) in [5, 5.41) is -0.322. The SMILES string of the molecule is NCc1ccccc1C1CCCS1(=O)=O. The topological polar surface area (TPSA) is 60.2 Å². The van der Waals surface area contributed by atoms with Gasteiger partial charge in [-0.05, 0) is 24.0 Å². The number of benzene rings is 1. The molecule has 0 aromatic heterocycles. The molecular formula is C11H15NO2S. The summed E-state index contributed by atoms with van der Waals surface area (Å²) in [5.74, 6) is 0.316. The van der Waals surface area contributed by atoms with Crippen molar-refractivity contribution in [2.24, 2.45) is 5.73 Å². The first-order valence-electron chi connectivity index (χ1n) is 5.14. The van der Waals surface area contributed by atoms with Gasteiger partial charge in [0.15, 0.2) is 9.84 Å². The fraction of sp³-hybridized carbons (Fsp3) is 0.455. The summed E-state index contributed by atoms with van der Waals surface area (Å²) in [7, 11) is -2.93. The van der Waals surface area contributed by atoms with Gasteiger partial charge in [-0.3, -0.25) is 0 Å². The number of rotatable bonds is 2. The molecule has 2 N–H and O–H groups in total. The van der Waals surface area contributed by atoms with Crippen LogP contribution >= 0.6 is 0 Å². The van der Waals surface area contributed by atoms with Crippen LogP contribution in [0.5, 0.6) is 0 Å². The largest absolute Gasteiger partial charge is 0.326 e. The Bertz CT molecular complexity index is 453. The van der Waals surface area contributed by atoms with Crippen LogP contribution < -0.4 is 5.73 Å². The summed E-state index contributed by atoms with van der Waals surface area (Å²) in [6.07, 6.45) is 1.51. The molecule has 15 heavy (non-hydrogen) atoms. The van der Waals surface area contributed by atoms with Crippen LogP contribution in [-0.4, -0.2) is 14.2 Å². The minimum atomic E-state index is -2.93. The molecule has 0 bridgehead atoms. The van der Waals surface area contributed by atoms with Gasteiger partial charge in [0.05, 0.1) is 11.0 Å². The average molecular weight is 225 g/mol. The predicted molar refractivity (Wildman–Crippen MR) is 60.1 cm³/mol. The molecule has 1 saturated heterocycles. The van der Waals surface area contributed by atoms with Crippen molar-refractivity contribution >= 4 is 9.84 Å². The Morgan fingerprint density at radius 2 is 2.07 bits per heavy atom. The molecule has 2 rings (SSSR count). The third kappa shape index (κ3) is 1.92. The Kier molecular flexibility index (Phi) is 2.80. The van der Waals surface area contributed by atoms with Crippen LogP contribution in [0.2, 0.25) is 0 Å². The molecule has 0 radical (unpaired) electrons. The molecule has 1 aliphatic rings. The highest BCUT2D eigenvalue weighted by molar-refractivity contribution is 7.91. The zero-order valence-electron chi connectivity index (χ0n) is 8.52. The zero-order valence-corrected chi connectivity index (χ0v) is 9.33. The Labute approximate surface area is 90.2 Å². The van der Waals surface area contributed by atoms with E-state index in [-0.39, 0.29) is 5.25 Å². The average Bonchev–Trinajstić information content (AvgIpc) is 2.58. The third-order valence-electron chi connectivity index (χ3n) is 2.95. The van der Waals surface area contributed by atoms with Gasteiger partial charge in [0.1, 0.15) is 0 Å². The summed E-state index contributed by atoms with van der Waals surface area (Å²) in [6.45, 7) is 0.405. The van der Waals surface area contributed by atoms with E-state index in [0.717, 1.165) is 24.0 Å². The van der Waals surface area contributed by atoms with Gasteiger partial charge >= 0.3 is 0 Å². The summed E-state index contributed by atoms with van der Waals surface area (Å²) in [4.78, 5) is 0. The van der Waals surface area contributed by atoms with E-state index in [9.17, 15) is 8.42 Å². The van der Waals surface area contributed by atoms with Crippen LogP contribution in [0.25, 0.3) is 0 Å². The standard InChI is InChI=1S/C11H15NO2S/c12-8-9-4-1-2-5-10(9)11-6-3-7-15(11,13)14/h1-2,4-5,11H,3,6-8,12H2. The molecule has 1 fully saturated rings. The maximum absolute atomic E-state index is 11.8. The van der Waals surface area contributed by atoms with Crippen LogP contribution in [0.4, 0.5) is 0 Å². The lowest BCUT2D eigenvalue weighted by Gasteiger charge is -2.13. The van der Waals surface area contributed by atoms with E-state index in [2.05, 4.69) is 0 Å². The van der Waals surface area contributed by atoms with E-state index in [0.29, 0.717) is 12.3 Å². The molecule has 1 atom stereocenters. The van der Waals surface area contributed by atoms with Crippen molar-refractivity contribution in [2.45, 2.75) is 24.6 Å². The fourth-order valence-corrected chi connectivity index (χ4v) is 4.17. The highest BCUT2D eigenvalue weighted by Crippen LogP contribution is 2.35. The molecule has 0 saturated carbocycles. The molecular weight excluding hydrogens is 210 g/mol. The molecule has 1 aliphatic heterocycles. The quantitative estimate of drug-likeness (QED) is 0.827. The van der Waals surface area contributed by atoms with Gasteiger partial charge in [-0.15, -0.1) is 0 Å². The Balaban J connectivity index is 2.45. The van der Waals surface area contributed by atoms with Crippen molar-refractivity contribution in [2.75, 3.05) is 5.75 Å². The van der Waals surface area contributed by atoms with Crippen molar-refractivity contribution in [1.82, 2.24) is 0 Å². The number of sulfone groups is 1. The van der Waals surface area contributed by atoms with Gasteiger partial charge in [-0.25, -0.2) is 8.42 Å². The van der Waals surface area contributed by atoms with Gasteiger partial charge < -0.3 is 5.73 Å². The molecule has 0 aliphatic carbocycles. The van der Waals surface area contributed by atoms with E-state index in [1.165, 1.54) is 0 Å². The third-order valence-corrected chi connectivity index (χ3v) is 5.16. The molecule has 4 heteroatoms. The smallest absolute Gasteiger partial charge is 0.157 e. The fourth-order valence-electron chi connectivity index (χ4n) is 2.17. The lowest BCUT2D eigenvalue weighted by atomic mass is 10.0. The van der Waals surface area contributed by atoms with Crippen LogP contribution in [0.15, 0.2) is 24.3 Å². The second-order valence-electron chi connectivity index (χ2n) is 3.90. The van der Waals surface area contributed by atoms with Gasteiger partial charge in [0.25, 0.3) is 0 Å². The minimum absolute atomic E-state index is 0.316. The monoisotopic (exact) mass is 225 g/mol. The van der Waals surface area contributed by atoms with E-state index < -0.39 is 9.84 Å². The first-order chi connectivity index (χ1) is 7.15. The molecule has 1 unspecified atom stereocenters. The zero-order chi connectivity index (χ0) is 10.9. The number of hydrogen-bond donors (Lipinski definition) is 1. The molecule has 3 nitrogen and oxygen atoms in total. The first-order valence-corrected chi connectivity index (χ1v) is 6.86. The maximum atomic E-state index is 11.8. The maximum Gasteiger partial charge on any atom is 0.157 e. The van der Waals surface area contributed by atoms with E-state index in [1.54, 1.807) is 0 Å². The molecule has 0 spiro atoms. The van der Waals surface area contributed by atoms with Crippen LogP contribution in [-0.2, 0) is 16.4 Å². The van der Waals surface area contributed by atoms with Crippen molar-refractivity contribution in [3.05, 3.63) is 35.4 Å². The van der Waals surface area contributed by atoms with Crippen LogP contribution in [0.1, 0.15) is 29.2 Å². The van der Waals surface area contributed by atoms with E-state index in [4.69, 9.17) is 5.73 Å². The summed E-state index contributed by atoms with van der Waals surface area (Å²) in [5.41, 5.74) is 7.46. The Morgan fingerprint density at radius 3 is 2.67 bits per heavy atom. The highest BCUT2D eigenvalue weighted by Gasteiger charge is 2.33. The first kappa shape index (κ1) is 10.6. The molecule has 0 amide bonds. The highest BCUT2D eigenvalue weighted by atomic mass is 32.2. The predicted octanol–water partition coefficient (Wildman–Crippen LogP) is 1.40. The number of nitrogens with two attached hydrogens (primary N) is 1. The lowest BCUT2D eigenvalue weighted by Crippen LogP contribution is -2.11. The van der Waals surface area contributed by atoms with E-state index >= 15 is 0 Å². The van der Waals surface area contributed by atoms with Crippen LogP contribution in [0, 0.1) is 0 Å². The molecule has 1 heterocycles. The van der Waals surface area contributed by atoms with Gasteiger partial charge in [-0.2, -0.15) is 0 Å². The molecule has 82 valence electrons. The lowest BCUT2D eigenvalue weighted by molar-refractivity contribution is 0.591. The summed E-state index contributed by atoms with van der Waals surface area (Å²) < 4.78 is 23.6. The Hall–Kier alpha value is -0.870. The van der Waals surface area contributed by atoms with E-state index in [1.807, 2.05) is 24.3 Å². The van der Waals surface area contributed by atoms with Gasteiger partial charge in [-0.1, -0.05) is 24.3 Å². The number of hydrogen-bond acceptors (Lipinski definition) is 3. The summed E-state index contributed by atoms with van der Waals surface area (Å²) in [6, 6.07) is 7.56. The second kappa shape index (κ2) is 3.94. The van der Waals surface area contributed by atoms with Crippen molar-refractivity contribution < 1.29 is 8.42 Å². The molecule has 1 aromatic rings. The van der Waals surface area contributed by atoms with Gasteiger partial charge in [0, 0.05) is 6.54 Å². The van der Waals surface area contributed by atoms with Crippen LogP contribution in [0.3, 0.4) is 0 Å². The Morgan fingerprint density at radius 1 is 1.33 bits per heavy atom. The van der Waals surface area contributed by atoms with Crippen molar-refractivity contribution in [3.8, 4) is 0 Å². The van der Waals surface area contributed by atoms with Crippen molar-refractivity contribution in [3.63, 3.8) is 0 Å². The summed E-state index contributed by atoms with van der Waals surface area (Å²) >= 11 is 0. The normalized spacial score (nSPS) is 24.2. The van der Waals surface area contributed by atoms with Gasteiger partial charge in [0.2, 0.25) is 0 Å².